The highest BCUT2D eigenvalue weighted by Crippen LogP contribution is 2.41. The number of fused-ring (bicyclic) bond motifs is 1. The van der Waals surface area contributed by atoms with Crippen molar-refractivity contribution in [1.82, 2.24) is 4.98 Å². The maximum Gasteiger partial charge on any atom is 0.141 e. The van der Waals surface area contributed by atoms with Crippen LogP contribution in [0.1, 0.15) is 35.4 Å². The van der Waals surface area contributed by atoms with Crippen molar-refractivity contribution in [3.63, 3.8) is 0 Å². The number of aryl methyl sites for hydroxylation is 1. The third kappa shape index (κ3) is 2.02. The summed E-state index contributed by atoms with van der Waals surface area (Å²) in [7, 11) is 0. The summed E-state index contributed by atoms with van der Waals surface area (Å²) in [5, 5.41) is 13.8. The topological polar surface area (TPSA) is 33.1 Å². The predicted octanol–water partition coefficient (Wildman–Crippen LogP) is 3.87. The smallest absolute Gasteiger partial charge is 0.141 e. The number of hydrogen-bond donors (Lipinski definition) is 1. The summed E-state index contributed by atoms with van der Waals surface area (Å²) in [6, 6.07) is 8.20. The van der Waals surface area contributed by atoms with E-state index >= 15 is 0 Å². The van der Waals surface area contributed by atoms with E-state index in [0.717, 1.165) is 40.9 Å². The van der Waals surface area contributed by atoms with Crippen LogP contribution in [0.3, 0.4) is 0 Å². The maximum atomic E-state index is 11.1. The lowest BCUT2D eigenvalue weighted by molar-refractivity contribution is 0.0700. The third-order valence-electron chi connectivity index (χ3n) is 3.53. The minimum Gasteiger partial charge on any atom is -0.378 e. The van der Waals surface area contributed by atoms with Crippen molar-refractivity contribution in [2.45, 2.75) is 31.3 Å². The van der Waals surface area contributed by atoms with Crippen LogP contribution in [0.5, 0.6) is 0 Å². The highest BCUT2D eigenvalue weighted by atomic mass is 79.9. The SMILES string of the molecule is OC1(c2nc(Br)cs2)CCCCc2ccccc21. The molecule has 2 nitrogen and oxygen atoms in total. The first-order valence-electron chi connectivity index (χ1n) is 6.12. The van der Waals surface area contributed by atoms with Crippen molar-refractivity contribution in [3.8, 4) is 0 Å². The molecule has 0 bridgehead atoms. The fraction of sp³-hybridized carbons (Fsp3) is 0.357. The van der Waals surface area contributed by atoms with Gasteiger partial charge in [0.15, 0.2) is 0 Å². The number of rotatable bonds is 1. The fourth-order valence-corrected chi connectivity index (χ4v) is 4.03. The van der Waals surface area contributed by atoms with Gasteiger partial charge in [0.05, 0.1) is 0 Å². The van der Waals surface area contributed by atoms with Crippen LogP contribution in [0.2, 0.25) is 0 Å². The second kappa shape index (κ2) is 4.76. The molecule has 1 aliphatic carbocycles. The zero-order valence-electron chi connectivity index (χ0n) is 9.90. The van der Waals surface area contributed by atoms with Gasteiger partial charge in [0.25, 0.3) is 0 Å². The Morgan fingerprint density at radius 1 is 1.28 bits per heavy atom. The summed E-state index contributed by atoms with van der Waals surface area (Å²) >= 11 is 4.89. The minimum atomic E-state index is -0.913. The Labute approximate surface area is 119 Å². The van der Waals surface area contributed by atoms with Crippen LogP contribution in [0.4, 0.5) is 0 Å². The van der Waals surface area contributed by atoms with Crippen LogP contribution >= 0.6 is 27.3 Å². The molecule has 0 spiro atoms. The molecule has 2 aromatic rings. The van der Waals surface area contributed by atoms with E-state index in [1.807, 2.05) is 23.6 Å². The molecule has 1 atom stereocenters. The molecule has 1 heterocycles. The number of nitrogens with zero attached hydrogens (tertiary/aromatic N) is 1. The first-order chi connectivity index (χ1) is 8.70. The lowest BCUT2D eigenvalue weighted by Crippen LogP contribution is -2.27. The first-order valence-corrected chi connectivity index (χ1v) is 7.80. The molecule has 0 saturated heterocycles. The van der Waals surface area contributed by atoms with Crippen LogP contribution in [0.15, 0.2) is 34.2 Å². The monoisotopic (exact) mass is 323 g/mol. The number of hydrogen-bond acceptors (Lipinski definition) is 3. The van der Waals surface area contributed by atoms with E-state index in [9.17, 15) is 5.11 Å². The number of aromatic nitrogens is 1. The summed E-state index contributed by atoms with van der Waals surface area (Å²) in [6.45, 7) is 0. The van der Waals surface area contributed by atoms with E-state index in [1.165, 1.54) is 16.9 Å². The van der Waals surface area contributed by atoms with Gasteiger partial charge in [-0.1, -0.05) is 24.3 Å². The number of benzene rings is 1. The lowest BCUT2D eigenvalue weighted by Gasteiger charge is -2.26. The van der Waals surface area contributed by atoms with Gasteiger partial charge < -0.3 is 5.11 Å². The maximum absolute atomic E-state index is 11.1. The standard InChI is InChI=1S/C14H14BrNOS/c15-12-9-18-13(16-12)14(17)8-4-3-6-10-5-1-2-7-11(10)14/h1-2,5,7,9,17H,3-4,6,8H2. The molecular formula is C14H14BrNOS. The van der Waals surface area contributed by atoms with Crippen LogP contribution in [-0.2, 0) is 12.0 Å². The fourth-order valence-electron chi connectivity index (χ4n) is 2.64. The van der Waals surface area contributed by atoms with Crippen LogP contribution < -0.4 is 0 Å². The quantitative estimate of drug-likeness (QED) is 0.808. The zero-order chi connectivity index (χ0) is 12.6. The van der Waals surface area contributed by atoms with Gasteiger partial charge in [-0.3, -0.25) is 0 Å². The molecule has 18 heavy (non-hydrogen) atoms. The second-order valence-corrected chi connectivity index (χ2v) is 6.37. The van der Waals surface area contributed by atoms with E-state index in [4.69, 9.17) is 0 Å². The van der Waals surface area contributed by atoms with Gasteiger partial charge in [0.2, 0.25) is 0 Å². The molecule has 0 fully saturated rings. The van der Waals surface area contributed by atoms with E-state index in [-0.39, 0.29) is 0 Å². The Morgan fingerprint density at radius 3 is 2.89 bits per heavy atom. The summed E-state index contributed by atoms with van der Waals surface area (Å²) in [5.74, 6) is 0. The van der Waals surface area contributed by atoms with Gasteiger partial charge in [0, 0.05) is 5.38 Å². The molecule has 0 amide bonds. The molecule has 1 aliphatic rings. The summed E-state index contributed by atoms with van der Waals surface area (Å²) in [4.78, 5) is 4.43. The minimum absolute atomic E-state index is 0.754. The molecular weight excluding hydrogens is 310 g/mol. The van der Waals surface area contributed by atoms with E-state index in [1.54, 1.807) is 0 Å². The summed E-state index contributed by atoms with van der Waals surface area (Å²) in [6.07, 6.45) is 3.96. The predicted molar refractivity (Wildman–Crippen MR) is 76.8 cm³/mol. The van der Waals surface area contributed by atoms with Gasteiger partial charge in [0.1, 0.15) is 15.2 Å². The summed E-state index contributed by atoms with van der Waals surface area (Å²) in [5.41, 5.74) is 1.37. The van der Waals surface area contributed by atoms with Gasteiger partial charge in [-0.15, -0.1) is 11.3 Å². The van der Waals surface area contributed by atoms with Crippen LogP contribution in [0.25, 0.3) is 0 Å². The molecule has 4 heteroatoms. The zero-order valence-corrected chi connectivity index (χ0v) is 12.3. The Bertz CT molecular complexity index is 568. The molecule has 1 N–H and O–H groups in total. The van der Waals surface area contributed by atoms with Gasteiger partial charge >= 0.3 is 0 Å². The average Bonchev–Trinajstić information content (AvgIpc) is 2.74. The van der Waals surface area contributed by atoms with Gasteiger partial charge in [-0.2, -0.15) is 0 Å². The second-order valence-electron chi connectivity index (χ2n) is 4.70. The molecule has 0 radical (unpaired) electrons. The van der Waals surface area contributed by atoms with Crippen molar-refractivity contribution in [2.24, 2.45) is 0 Å². The molecule has 1 aromatic carbocycles. The van der Waals surface area contributed by atoms with E-state index < -0.39 is 5.60 Å². The molecule has 0 aliphatic heterocycles. The van der Waals surface area contributed by atoms with Crippen molar-refractivity contribution in [1.29, 1.82) is 0 Å². The van der Waals surface area contributed by atoms with Crippen molar-refractivity contribution < 1.29 is 5.11 Å². The molecule has 94 valence electrons. The lowest BCUT2D eigenvalue weighted by atomic mass is 9.88. The Morgan fingerprint density at radius 2 is 2.11 bits per heavy atom. The molecule has 3 rings (SSSR count). The average molecular weight is 324 g/mol. The van der Waals surface area contributed by atoms with Crippen molar-refractivity contribution >= 4 is 27.3 Å². The Kier molecular flexibility index (Phi) is 3.26. The van der Waals surface area contributed by atoms with Gasteiger partial charge in [-0.25, -0.2) is 4.98 Å². The highest BCUT2D eigenvalue weighted by Gasteiger charge is 2.37. The normalized spacial score (nSPS) is 23.4. The van der Waals surface area contributed by atoms with Gasteiger partial charge in [-0.05, 0) is 52.7 Å². The highest BCUT2D eigenvalue weighted by molar-refractivity contribution is 9.10. The van der Waals surface area contributed by atoms with E-state index in [0.29, 0.717) is 0 Å². The number of thiazole rings is 1. The Hall–Kier alpha value is -0.710. The van der Waals surface area contributed by atoms with Crippen LogP contribution in [-0.4, -0.2) is 10.1 Å². The molecule has 0 saturated carbocycles. The van der Waals surface area contributed by atoms with Crippen LogP contribution in [0, 0.1) is 0 Å². The number of aliphatic hydroxyl groups is 1. The van der Waals surface area contributed by atoms with Crippen molar-refractivity contribution in [3.05, 3.63) is 50.4 Å². The molecule has 1 aromatic heterocycles. The first kappa shape index (κ1) is 12.3. The van der Waals surface area contributed by atoms with Crippen molar-refractivity contribution in [2.75, 3.05) is 0 Å². The Balaban J connectivity index is 2.16. The summed E-state index contributed by atoms with van der Waals surface area (Å²) < 4.78 is 0.803. The largest absolute Gasteiger partial charge is 0.378 e. The molecule has 1 unspecified atom stereocenters. The third-order valence-corrected chi connectivity index (χ3v) is 5.23. The number of halogens is 1. The van der Waals surface area contributed by atoms with E-state index in [2.05, 4.69) is 27.0 Å².